The second-order valence-electron chi connectivity index (χ2n) is 8.25. The molecule has 1 unspecified atom stereocenters. The van der Waals surface area contributed by atoms with Gasteiger partial charge >= 0.3 is 0 Å². The molecule has 2 amide bonds. The Bertz CT molecular complexity index is 1450. The summed E-state index contributed by atoms with van der Waals surface area (Å²) in [4.78, 5) is 44.8. The van der Waals surface area contributed by atoms with Crippen LogP contribution < -0.4 is 16.2 Å². The topological polar surface area (TPSA) is 93.1 Å². The normalized spacial score (nSPS) is 11.9. The van der Waals surface area contributed by atoms with Crippen LogP contribution in [-0.2, 0) is 4.79 Å². The maximum absolute atomic E-state index is 13.4. The third-order valence-electron chi connectivity index (χ3n) is 5.79. The highest BCUT2D eigenvalue weighted by atomic mass is 32.1. The van der Waals surface area contributed by atoms with Crippen LogP contribution in [0.15, 0.2) is 59.7 Å². The van der Waals surface area contributed by atoms with Gasteiger partial charge in [0, 0.05) is 11.4 Å². The first kappa shape index (κ1) is 23.4. The van der Waals surface area contributed by atoms with Crippen LogP contribution in [-0.4, -0.2) is 21.4 Å². The Morgan fingerprint density at radius 3 is 2.53 bits per heavy atom. The van der Waals surface area contributed by atoms with Gasteiger partial charge in [0.1, 0.15) is 10.9 Å². The molecule has 0 aliphatic rings. The van der Waals surface area contributed by atoms with Gasteiger partial charge in [0.05, 0.1) is 16.6 Å². The second kappa shape index (κ2) is 9.61. The van der Waals surface area contributed by atoms with Gasteiger partial charge in [-0.3, -0.25) is 19.0 Å². The van der Waals surface area contributed by atoms with E-state index in [1.165, 1.54) is 22.2 Å². The molecule has 0 spiro atoms. The highest BCUT2D eigenvalue weighted by Gasteiger charge is 2.25. The summed E-state index contributed by atoms with van der Waals surface area (Å²) >= 11 is 1.17. The molecule has 7 nitrogen and oxygen atoms in total. The van der Waals surface area contributed by atoms with Gasteiger partial charge in [0.15, 0.2) is 0 Å². The quantitative estimate of drug-likeness (QED) is 0.400. The van der Waals surface area contributed by atoms with Gasteiger partial charge < -0.3 is 10.6 Å². The predicted molar refractivity (Wildman–Crippen MR) is 137 cm³/mol. The molecule has 0 saturated heterocycles. The summed E-state index contributed by atoms with van der Waals surface area (Å²) in [6.45, 7) is 7.45. The summed E-state index contributed by atoms with van der Waals surface area (Å²) in [6, 6.07) is 14.3. The molecule has 2 aromatic carbocycles. The predicted octanol–water partition coefficient (Wildman–Crippen LogP) is 5.23. The zero-order chi connectivity index (χ0) is 24.4. The van der Waals surface area contributed by atoms with Crippen molar-refractivity contribution in [2.45, 2.75) is 40.2 Å². The van der Waals surface area contributed by atoms with E-state index in [4.69, 9.17) is 0 Å². The number of aryl methyl sites for hydroxylation is 3. The number of hydrogen-bond donors (Lipinski definition) is 2. The van der Waals surface area contributed by atoms with Crippen LogP contribution in [0.4, 0.5) is 11.4 Å². The lowest BCUT2D eigenvalue weighted by molar-refractivity contribution is -0.119. The molecule has 0 bridgehead atoms. The van der Waals surface area contributed by atoms with Crippen LogP contribution in [0.2, 0.25) is 0 Å². The zero-order valence-electron chi connectivity index (χ0n) is 19.5. The molecular weight excluding hydrogens is 448 g/mol. The van der Waals surface area contributed by atoms with Crippen molar-refractivity contribution >= 4 is 44.7 Å². The zero-order valence-corrected chi connectivity index (χ0v) is 20.3. The van der Waals surface area contributed by atoms with Crippen LogP contribution in [0.3, 0.4) is 0 Å². The fraction of sp³-hybridized carbons (Fsp3) is 0.231. The first-order valence-electron chi connectivity index (χ1n) is 11.0. The van der Waals surface area contributed by atoms with Crippen LogP contribution in [0, 0.1) is 20.8 Å². The van der Waals surface area contributed by atoms with Crippen molar-refractivity contribution in [3.63, 3.8) is 0 Å². The molecule has 0 aliphatic heterocycles. The lowest BCUT2D eigenvalue weighted by Crippen LogP contribution is -2.33. The number of carbonyl (C=O) groups excluding carboxylic acids is 2. The molecule has 174 valence electrons. The Balaban J connectivity index is 1.67. The fourth-order valence-electron chi connectivity index (χ4n) is 3.92. The largest absolute Gasteiger partial charge is 0.324 e. The number of para-hydroxylation sites is 1. The highest BCUT2D eigenvalue weighted by Crippen LogP contribution is 2.29. The van der Waals surface area contributed by atoms with E-state index in [1.54, 1.807) is 6.92 Å². The maximum Gasteiger partial charge on any atom is 0.266 e. The molecule has 0 radical (unpaired) electrons. The van der Waals surface area contributed by atoms with E-state index in [0.29, 0.717) is 38.5 Å². The third-order valence-corrected chi connectivity index (χ3v) is 6.98. The minimum atomic E-state index is -0.728. The van der Waals surface area contributed by atoms with Crippen LogP contribution in [0.25, 0.3) is 10.2 Å². The number of rotatable bonds is 6. The molecule has 4 rings (SSSR count). The number of amides is 2. The summed E-state index contributed by atoms with van der Waals surface area (Å²) in [7, 11) is 0. The van der Waals surface area contributed by atoms with E-state index >= 15 is 0 Å². The van der Waals surface area contributed by atoms with E-state index in [1.807, 2.05) is 69.3 Å². The first-order valence-corrected chi connectivity index (χ1v) is 11.9. The molecular formula is C26H26N4O3S. The summed E-state index contributed by atoms with van der Waals surface area (Å²) in [5.41, 5.74) is 3.59. The van der Waals surface area contributed by atoms with Gasteiger partial charge in [0.2, 0.25) is 5.91 Å². The van der Waals surface area contributed by atoms with Crippen molar-refractivity contribution in [1.29, 1.82) is 0 Å². The molecule has 1 atom stereocenters. The smallest absolute Gasteiger partial charge is 0.266 e. The molecule has 0 fully saturated rings. The minimum absolute atomic E-state index is 0.287. The van der Waals surface area contributed by atoms with Crippen LogP contribution in [0.5, 0.6) is 0 Å². The Kier molecular flexibility index (Phi) is 6.61. The number of thiophene rings is 1. The lowest BCUT2D eigenvalue weighted by Gasteiger charge is -2.18. The number of aromatic nitrogens is 2. The van der Waals surface area contributed by atoms with Crippen molar-refractivity contribution < 1.29 is 9.59 Å². The first-order chi connectivity index (χ1) is 16.3. The Morgan fingerprint density at radius 1 is 1.06 bits per heavy atom. The molecule has 0 saturated carbocycles. The number of nitrogens with one attached hydrogen (secondary N) is 2. The number of nitrogens with zero attached hydrogens (tertiary/aromatic N) is 2. The average molecular weight is 475 g/mol. The Hall–Kier alpha value is -3.78. The van der Waals surface area contributed by atoms with Crippen LogP contribution >= 0.6 is 11.3 Å². The molecule has 4 aromatic rings. The molecule has 0 aliphatic carbocycles. The maximum atomic E-state index is 13.4. The fourth-order valence-corrected chi connectivity index (χ4v) is 4.96. The molecule has 8 heteroatoms. The van der Waals surface area contributed by atoms with Gasteiger partial charge in [-0.25, -0.2) is 4.98 Å². The molecule has 2 aromatic heterocycles. The van der Waals surface area contributed by atoms with Crippen LogP contribution in [0.1, 0.15) is 45.7 Å². The van der Waals surface area contributed by atoms with Crippen molar-refractivity contribution in [3.8, 4) is 0 Å². The van der Waals surface area contributed by atoms with Gasteiger partial charge in [-0.05, 0) is 62.1 Å². The number of anilines is 2. The number of fused-ring (bicyclic) bond motifs is 1. The van der Waals surface area contributed by atoms with Crippen molar-refractivity contribution in [2.24, 2.45) is 0 Å². The van der Waals surface area contributed by atoms with E-state index in [9.17, 15) is 14.4 Å². The van der Waals surface area contributed by atoms with Gasteiger partial charge in [0.25, 0.3) is 11.5 Å². The third kappa shape index (κ3) is 4.49. The summed E-state index contributed by atoms with van der Waals surface area (Å²) in [6.07, 6.45) is 1.81. The van der Waals surface area contributed by atoms with Crippen molar-refractivity contribution in [3.05, 3.63) is 86.8 Å². The van der Waals surface area contributed by atoms with E-state index in [-0.39, 0.29) is 17.4 Å². The van der Waals surface area contributed by atoms with E-state index in [2.05, 4.69) is 15.6 Å². The van der Waals surface area contributed by atoms with E-state index < -0.39 is 6.04 Å². The average Bonchev–Trinajstić information content (AvgIpc) is 3.14. The SMILES string of the molecule is CCC(C(=O)Nc1cccc(C)c1)n1cnc2sc(C(=O)Nc3ccccc3C)c(C)c2c1=O. The van der Waals surface area contributed by atoms with Gasteiger partial charge in [-0.15, -0.1) is 11.3 Å². The van der Waals surface area contributed by atoms with E-state index in [0.717, 1.165) is 11.1 Å². The van der Waals surface area contributed by atoms with Gasteiger partial charge in [-0.1, -0.05) is 37.3 Å². The minimum Gasteiger partial charge on any atom is -0.324 e. The summed E-state index contributed by atoms with van der Waals surface area (Å²) in [5.74, 6) is -0.577. The lowest BCUT2D eigenvalue weighted by atomic mass is 10.1. The van der Waals surface area contributed by atoms with Crippen molar-refractivity contribution in [1.82, 2.24) is 9.55 Å². The molecule has 34 heavy (non-hydrogen) atoms. The number of benzene rings is 2. The monoisotopic (exact) mass is 474 g/mol. The molecule has 2 heterocycles. The Labute approximate surface area is 201 Å². The van der Waals surface area contributed by atoms with Gasteiger partial charge in [-0.2, -0.15) is 0 Å². The Morgan fingerprint density at radius 2 is 1.82 bits per heavy atom. The molecule has 2 N–H and O–H groups in total. The highest BCUT2D eigenvalue weighted by molar-refractivity contribution is 7.20. The summed E-state index contributed by atoms with van der Waals surface area (Å²) < 4.78 is 1.36. The number of hydrogen-bond acceptors (Lipinski definition) is 5. The standard InChI is InChI=1S/C26H26N4O3S/c1-5-20(23(31)28-18-11-8-9-15(2)13-18)30-14-27-25-21(26(30)33)17(4)22(34-25)24(32)29-19-12-7-6-10-16(19)3/h6-14,20H,5H2,1-4H3,(H,28,31)(H,29,32). The number of carbonyl (C=O) groups is 2. The summed E-state index contributed by atoms with van der Waals surface area (Å²) in [5, 5.41) is 6.17. The van der Waals surface area contributed by atoms with Crippen molar-refractivity contribution in [2.75, 3.05) is 10.6 Å². The second-order valence-corrected chi connectivity index (χ2v) is 9.24.